The van der Waals surface area contributed by atoms with Crippen LogP contribution in [0.4, 0.5) is 10.1 Å². The van der Waals surface area contributed by atoms with E-state index in [9.17, 15) is 4.39 Å². The van der Waals surface area contributed by atoms with Crippen LogP contribution in [0.25, 0.3) is 0 Å². The number of anilines is 1. The van der Waals surface area contributed by atoms with Gasteiger partial charge in [-0.3, -0.25) is 0 Å². The normalized spacial score (nSPS) is 17.8. The van der Waals surface area contributed by atoms with E-state index < -0.39 is 0 Å². The molecule has 0 heterocycles. The molecule has 0 spiro atoms. The molecule has 1 fully saturated rings. The molecule has 1 aromatic carbocycles. The molecule has 17 heavy (non-hydrogen) atoms. The highest BCUT2D eigenvalue weighted by atomic mass is 35.5. The summed E-state index contributed by atoms with van der Waals surface area (Å²) in [7, 11) is 0. The Hall–Kier alpha value is -0.760. The molecule has 0 saturated heterocycles. The Morgan fingerprint density at radius 1 is 1.18 bits per heavy atom. The molecule has 0 amide bonds. The van der Waals surface area contributed by atoms with Crippen molar-refractivity contribution in [1.82, 2.24) is 0 Å². The van der Waals surface area contributed by atoms with Gasteiger partial charge in [0.25, 0.3) is 0 Å². The Kier molecular flexibility index (Phi) is 4.66. The van der Waals surface area contributed by atoms with Crippen molar-refractivity contribution in [2.75, 3.05) is 11.9 Å². The lowest BCUT2D eigenvalue weighted by Gasteiger charge is -2.16. The van der Waals surface area contributed by atoms with Gasteiger partial charge in [0.15, 0.2) is 0 Å². The summed E-state index contributed by atoms with van der Waals surface area (Å²) in [5.74, 6) is 0.467. The van der Waals surface area contributed by atoms with Crippen LogP contribution in [0.1, 0.15) is 38.5 Å². The summed E-state index contributed by atoms with van der Waals surface area (Å²) in [4.78, 5) is 0. The zero-order valence-electron chi connectivity index (χ0n) is 10.0. The second kappa shape index (κ2) is 6.25. The summed E-state index contributed by atoms with van der Waals surface area (Å²) in [6, 6.07) is 4.46. The first-order valence-corrected chi connectivity index (χ1v) is 6.82. The van der Waals surface area contributed by atoms with E-state index in [1.807, 2.05) is 0 Å². The molecule has 0 aliphatic heterocycles. The van der Waals surface area contributed by atoms with Crippen molar-refractivity contribution in [3.63, 3.8) is 0 Å². The number of halogens is 2. The predicted molar refractivity (Wildman–Crippen MR) is 71.1 cm³/mol. The number of hydrogen-bond acceptors (Lipinski definition) is 1. The van der Waals surface area contributed by atoms with Gasteiger partial charge in [0.05, 0.1) is 10.7 Å². The van der Waals surface area contributed by atoms with Gasteiger partial charge in [-0.05, 0) is 37.0 Å². The Morgan fingerprint density at radius 2 is 1.88 bits per heavy atom. The molecular weight excluding hydrogens is 237 g/mol. The van der Waals surface area contributed by atoms with Crippen LogP contribution in [0, 0.1) is 11.7 Å². The van der Waals surface area contributed by atoms with E-state index in [0.717, 1.165) is 12.2 Å². The highest BCUT2D eigenvalue weighted by Gasteiger charge is 2.12. The molecule has 0 bridgehead atoms. The Bertz CT molecular complexity index is 359. The predicted octanol–water partition coefficient (Wildman–Crippen LogP) is 4.86. The van der Waals surface area contributed by atoms with E-state index in [4.69, 9.17) is 11.6 Å². The van der Waals surface area contributed by atoms with Crippen molar-refractivity contribution in [3.8, 4) is 0 Å². The van der Waals surface area contributed by atoms with Gasteiger partial charge < -0.3 is 5.32 Å². The summed E-state index contributed by atoms with van der Waals surface area (Å²) in [5, 5.41) is 3.88. The van der Waals surface area contributed by atoms with Crippen molar-refractivity contribution in [1.29, 1.82) is 0 Å². The maximum Gasteiger partial charge on any atom is 0.125 e. The van der Waals surface area contributed by atoms with Crippen molar-refractivity contribution >= 4 is 17.3 Å². The fourth-order valence-corrected chi connectivity index (χ4v) is 2.64. The molecule has 1 nitrogen and oxygen atoms in total. The fraction of sp³-hybridized carbons (Fsp3) is 0.571. The maximum atomic E-state index is 13.1. The summed E-state index contributed by atoms with van der Waals surface area (Å²) in [6.45, 7) is 0.906. The average Bonchev–Trinajstić information content (AvgIpc) is 2.59. The van der Waals surface area contributed by atoms with Crippen LogP contribution in [-0.2, 0) is 0 Å². The summed E-state index contributed by atoms with van der Waals surface area (Å²) >= 11 is 6.02. The van der Waals surface area contributed by atoms with Crippen molar-refractivity contribution < 1.29 is 4.39 Å². The second-order valence-electron chi connectivity index (χ2n) is 4.86. The molecule has 1 aromatic rings. The first-order chi connectivity index (χ1) is 8.25. The number of hydrogen-bond donors (Lipinski definition) is 1. The van der Waals surface area contributed by atoms with E-state index >= 15 is 0 Å². The highest BCUT2D eigenvalue weighted by Crippen LogP contribution is 2.26. The monoisotopic (exact) mass is 255 g/mol. The minimum atomic E-state index is -0.238. The third kappa shape index (κ3) is 3.88. The van der Waals surface area contributed by atoms with Gasteiger partial charge in [-0.25, -0.2) is 4.39 Å². The SMILES string of the molecule is Fc1ccc(Cl)c(NCC2CCCCCC2)c1. The zero-order valence-corrected chi connectivity index (χ0v) is 10.8. The topological polar surface area (TPSA) is 12.0 Å². The molecule has 2 rings (SSSR count). The summed E-state index contributed by atoms with van der Waals surface area (Å²) in [6.07, 6.45) is 7.92. The van der Waals surface area contributed by atoms with Crippen LogP contribution < -0.4 is 5.32 Å². The number of benzene rings is 1. The Labute approximate surface area is 107 Å². The Balaban J connectivity index is 1.89. The molecule has 1 saturated carbocycles. The third-order valence-corrected chi connectivity index (χ3v) is 3.81. The smallest absolute Gasteiger partial charge is 0.125 e. The van der Waals surface area contributed by atoms with Gasteiger partial charge in [0.2, 0.25) is 0 Å². The standard InChI is InChI=1S/C14H19ClFN/c15-13-8-7-12(16)9-14(13)17-10-11-5-3-1-2-4-6-11/h7-9,11,17H,1-6,10H2. The lowest BCUT2D eigenvalue weighted by atomic mass is 10.0. The number of rotatable bonds is 3. The molecule has 0 atom stereocenters. The van der Waals surface area contributed by atoms with E-state index in [1.54, 1.807) is 6.07 Å². The fourth-order valence-electron chi connectivity index (χ4n) is 2.46. The molecule has 0 aromatic heterocycles. The van der Waals surface area contributed by atoms with Crippen LogP contribution in [0.3, 0.4) is 0 Å². The van der Waals surface area contributed by atoms with Gasteiger partial charge in [0.1, 0.15) is 5.82 Å². The van der Waals surface area contributed by atoms with Crippen molar-refractivity contribution in [3.05, 3.63) is 29.0 Å². The van der Waals surface area contributed by atoms with E-state index in [-0.39, 0.29) is 5.82 Å². The van der Waals surface area contributed by atoms with E-state index in [1.165, 1.54) is 50.7 Å². The minimum Gasteiger partial charge on any atom is -0.383 e. The summed E-state index contributed by atoms with van der Waals surface area (Å²) < 4.78 is 13.1. The maximum absolute atomic E-state index is 13.1. The van der Waals surface area contributed by atoms with Gasteiger partial charge in [-0.1, -0.05) is 37.3 Å². The van der Waals surface area contributed by atoms with Gasteiger partial charge >= 0.3 is 0 Å². The molecule has 0 radical (unpaired) electrons. The first kappa shape index (κ1) is 12.7. The molecule has 3 heteroatoms. The molecular formula is C14H19ClFN. The van der Waals surface area contributed by atoms with E-state index in [0.29, 0.717) is 10.9 Å². The van der Waals surface area contributed by atoms with Gasteiger partial charge in [-0.2, -0.15) is 0 Å². The minimum absolute atomic E-state index is 0.238. The average molecular weight is 256 g/mol. The summed E-state index contributed by atoms with van der Waals surface area (Å²) in [5.41, 5.74) is 0.718. The quantitative estimate of drug-likeness (QED) is 0.761. The molecule has 94 valence electrons. The van der Waals surface area contributed by atoms with Gasteiger partial charge in [-0.15, -0.1) is 0 Å². The molecule has 1 aliphatic rings. The van der Waals surface area contributed by atoms with Crippen molar-refractivity contribution in [2.45, 2.75) is 38.5 Å². The zero-order chi connectivity index (χ0) is 12.1. The Morgan fingerprint density at radius 3 is 2.59 bits per heavy atom. The lowest BCUT2D eigenvalue weighted by Crippen LogP contribution is -2.13. The third-order valence-electron chi connectivity index (χ3n) is 3.48. The van der Waals surface area contributed by atoms with Crippen LogP contribution in [0.2, 0.25) is 5.02 Å². The van der Waals surface area contributed by atoms with Crippen LogP contribution >= 0.6 is 11.6 Å². The van der Waals surface area contributed by atoms with Crippen LogP contribution in [-0.4, -0.2) is 6.54 Å². The first-order valence-electron chi connectivity index (χ1n) is 6.44. The van der Waals surface area contributed by atoms with Crippen molar-refractivity contribution in [2.24, 2.45) is 5.92 Å². The van der Waals surface area contributed by atoms with Crippen LogP contribution in [0.15, 0.2) is 18.2 Å². The number of nitrogens with one attached hydrogen (secondary N) is 1. The molecule has 1 aliphatic carbocycles. The van der Waals surface area contributed by atoms with Gasteiger partial charge in [0, 0.05) is 6.54 Å². The highest BCUT2D eigenvalue weighted by molar-refractivity contribution is 6.33. The van der Waals surface area contributed by atoms with Crippen LogP contribution in [0.5, 0.6) is 0 Å². The lowest BCUT2D eigenvalue weighted by molar-refractivity contribution is 0.483. The largest absolute Gasteiger partial charge is 0.383 e. The van der Waals surface area contributed by atoms with E-state index in [2.05, 4.69) is 5.32 Å². The second-order valence-corrected chi connectivity index (χ2v) is 5.27. The molecule has 1 N–H and O–H groups in total. The molecule has 0 unspecified atom stereocenters.